The number of esters is 2. The van der Waals surface area contributed by atoms with Gasteiger partial charge in [0.15, 0.2) is 6.10 Å². The summed E-state index contributed by atoms with van der Waals surface area (Å²) in [6.45, 7) is 1.36. The molecule has 8 heteroatoms. The fraction of sp³-hybridized carbons (Fsp3) is 0.889. The smallest absolute Gasteiger partial charge is 0.351 e. The largest absolute Gasteiger partial charge is 0.448 e. The van der Waals surface area contributed by atoms with E-state index in [1.165, 1.54) is 25.7 Å². The Balaban J connectivity index is 2.32. The molecule has 0 spiro atoms. The summed E-state index contributed by atoms with van der Waals surface area (Å²) in [6, 6.07) is 0. The molecule has 1 rings (SSSR count). The van der Waals surface area contributed by atoms with E-state index in [2.05, 4.69) is 6.92 Å². The van der Waals surface area contributed by atoms with Crippen molar-refractivity contribution in [1.29, 1.82) is 0 Å². The zero-order chi connectivity index (χ0) is 19.5. The molecule has 152 valence electrons. The monoisotopic (exact) mass is 376 g/mol. The molecule has 1 heterocycles. The van der Waals surface area contributed by atoms with Crippen LogP contribution in [0.5, 0.6) is 0 Å². The summed E-state index contributed by atoms with van der Waals surface area (Å²) in [6.07, 6.45) is 1.02. The highest BCUT2D eigenvalue weighted by molar-refractivity contribution is 5.87. The Hall–Kier alpha value is -1.22. The molecule has 4 N–H and O–H groups in total. The van der Waals surface area contributed by atoms with Crippen molar-refractivity contribution in [3.63, 3.8) is 0 Å². The second-order valence-corrected chi connectivity index (χ2v) is 6.78. The molecule has 0 saturated carbocycles. The van der Waals surface area contributed by atoms with Gasteiger partial charge < -0.3 is 29.9 Å². The lowest BCUT2D eigenvalue weighted by Crippen LogP contribution is -2.55. The number of hydrogen-bond acceptors (Lipinski definition) is 8. The second kappa shape index (κ2) is 12.2. The van der Waals surface area contributed by atoms with E-state index in [4.69, 9.17) is 14.6 Å². The van der Waals surface area contributed by atoms with Crippen molar-refractivity contribution in [2.75, 3.05) is 6.61 Å². The van der Waals surface area contributed by atoms with Crippen molar-refractivity contribution >= 4 is 11.9 Å². The summed E-state index contributed by atoms with van der Waals surface area (Å²) in [7, 11) is 0. The number of rotatable bonds is 13. The summed E-state index contributed by atoms with van der Waals surface area (Å²) in [5, 5.41) is 37.6. The molecule has 0 aliphatic carbocycles. The first kappa shape index (κ1) is 22.8. The molecule has 1 fully saturated rings. The van der Waals surface area contributed by atoms with Gasteiger partial charge >= 0.3 is 11.9 Å². The van der Waals surface area contributed by atoms with Crippen LogP contribution >= 0.6 is 0 Å². The van der Waals surface area contributed by atoms with E-state index >= 15 is 0 Å². The number of cyclic esters (lactones) is 2. The minimum Gasteiger partial charge on any atom is -0.448 e. The van der Waals surface area contributed by atoms with Gasteiger partial charge in [-0.1, -0.05) is 51.9 Å². The van der Waals surface area contributed by atoms with Crippen molar-refractivity contribution in [2.24, 2.45) is 0 Å². The Labute approximate surface area is 154 Å². The number of ether oxygens (including phenoxy) is 2. The maximum absolute atomic E-state index is 12.0. The number of hydrogen-bond donors (Lipinski definition) is 4. The third-order valence-corrected chi connectivity index (χ3v) is 4.56. The van der Waals surface area contributed by atoms with Crippen LogP contribution in [0.2, 0.25) is 0 Å². The zero-order valence-electron chi connectivity index (χ0n) is 15.4. The fourth-order valence-electron chi connectivity index (χ4n) is 2.87. The summed E-state index contributed by atoms with van der Waals surface area (Å²) in [5.74, 6) is -1.74. The zero-order valence-corrected chi connectivity index (χ0v) is 15.4. The van der Waals surface area contributed by atoms with Crippen LogP contribution in [0, 0.1) is 0 Å². The van der Waals surface area contributed by atoms with Gasteiger partial charge in [0.2, 0.25) is 6.10 Å². The predicted octanol–water partition coefficient (Wildman–Crippen LogP) is 0.429. The van der Waals surface area contributed by atoms with E-state index < -0.39 is 49.1 Å². The summed E-state index contributed by atoms with van der Waals surface area (Å²) >= 11 is 0. The van der Waals surface area contributed by atoms with Crippen molar-refractivity contribution in [3.8, 4) is 0 Å². The molecule has 1 aliphatic rings. The summed E-state index contributed by atoms with van der Waals surface area (Å²) in [4.78, 5) is 23.9. The van der Waals surface area contributed by atoms with Crippen LogP contribution in [0.15, 0.2) is 0 Å². The molecule has 1 aliphatic heterocycles. The number of aliphatic hydroxyl groups excluding tert-OH is 4. The number of aliphatic hydroxyl groups is 4. The lowest BCUT2D eigenvalue weighted by Gasteiger charge is -2.32. The van der Waals surface area contributed by atoms with E-state index in [1.807, 2.05) is 0 Å². The van der Waals surface area contributed by atoms with Crippen LogP contribution in [0.1, 0.15) is 64.7 Å². The number of carbonyl (C=O) groups excluding carboxylic acids is 2. The average Bonchev–Trinajstić information content (AvgIpc) is 2.64. The molecule has 1 unspecified atom stereocenters. The highest BCUT2D eigenvalue weighted by Gasteiger charge is 2.45. The quantitative estimate of drug-likeness (QED) is 0.269. The van der Waals surface area contributed by atoms with Gasteiger partial charge in [-0.3, -0.25) is 0 Å². The normalized spacial score (nSPS) is 23.9. The van der Waals surface area contributed by atoms with E-state index in [1.54, 1.807) is 0 Å². The van der Waals surface area contributed by atoms with Gasteiger partial charge in [0.1, 0.15) is 18.3 Å². The lowest BCUT2D eigenvalue weighted by atomic mass is 10.0. The van der Waals surface area contributed by atoms with Crippen LogP contribution in [-0.2, 0) is 19.1 Å². The van der Waals surface area contributed by atoms with Gasteiger partial charge in [0.05, 0.1) is 6.61 Å². The Morgan fingerprint density at radius 1 is 0.885 bits per heavy atom. The van der Waals surface area contributed by atoms with Crippen LogP contribution in [0.3, 0.4) is 0 Å². The van der Waals surface area contributed by atoms with E-state index in [0.717, 1.165) is 25.7 Å². The standard InChI is InChI=1S/C18H32O8/c1-2-3-4-5-6-7-8-9-10-13-17(23)26-16(18(24)25-13)15(22)14(21)12(20)11-19/h12-16,19-22H,2-11H2,1H3/t12-,13?,14-,15+,16-/m1/s1. The Kier molecular flexibility index (Phi) is 10.7. The SMILES string of the molecule is CCCCCCCCCCC1OC(=O)[C@@H]([C@@H](O)[C@H](O)[C@H](O)CO)OC1=O. The van der Waals surface area contributed by atoms with Crippen LogP contribution in [0.4, 0.5) is 0 Å². The van der Waals surface area contributed by atoms with E-state index in [9.17, 15) is 24.9 Å². The first-order valence-corrected chi connectivity index (χ1v) is 9.48. The van der Waals surface area contributed by atoms with Crippen molar-refractivity contribution in [3.05, 3.63) is 0 Å². The minimum absolute atomic E-state index is 0.351. The third kappa shape index (κ3) is 7.19. The van der Waals surface area contributed by atoms with Gasteiger partial charge in [-0.2, -0.15) is 0 Å². The lowest BCUT2D eigenvalue weighted by molar-refractivity contribution is -0.211. The maximum Gasteiger partial charge on any atom is 0.351 e. The van der Waals surface area contributed by atoms with Crippen molar-refractivity contribution in [2.45, 2.75) is 95.2 Å². The molecule has 0 amide bonds. The maximum atomic E-state index is 12.0. The highest BCUT2D eigenvalue weighted by Crippen LogP contribution is 2.21. The Bertz CT molecular complexity index is 427. The van der Waals surface area contributed by atoms with Gasteiger partial charge in [0, 0.05) is 0 Å². The molecule has 26 heavy (non-hydrogen) atoms. The van der Waals surface area contributed by atoms with Crippen LogP contribution in [-0.4, -0.2) is 69.5 Å². The molecule has 0 bridgehead atoms. The first-order valence-electron chi connectivity index (χ1n) is 9.48. The van der Waals surface area contributed by atoms with Crippen molar-refractivity contribution in [1.82, 2.24) is 0 Å². The minimum atomic E-state index is -1.88. The fourth-order valence-corrected chi connectivity index (χ4v) is 2.87. The molecule has 5 atom stereocenters. The molecular formula is C18H32O8. The van der Waals surface area contributed by atoms with Gasteiger partial charge in [-0.15, -0.1) is 0 Å². The molecule has 0 aromatic carbocycles. The molecule has 8 nitrogen and oxygen atoms in total. The molecule has 0 aromatic rings. The number of carbonyl (C=O) groups is 2. The summed E-state index contributed by atoms with van der Waals surface area (Å²) in [5.41, 5.74) is 0. The third-order valence-electron chi connectivity index (χ3n) is 4.56. The average molecular weight is 376 g/mol. The predicted molar refractivity (Wildman–Crippen MR) is 92.1 cm³/mol. The highest BCUT2D eigenvalue weighted by atomic mass is 16.7. The van der Waals surface area contributed by atoms with Gasteiger partial charge in [-0.05, 0) is 12.8 Å². The van der Waals surface area contributed by atoms with Gasteiger partial charge in [-0.25, -0.2) is 9.59 Å². The second-order valence-electron chi connectivity index (χ2n) is 6.78. The Morgan fingerprint density at radius 2 is 1.46 bits per heavy atom. The van der Waals surface area contributed by atoms with Gasteiger partial charge in [0.25, 0.3) is 0 Å². The van der Waals surface area contributed by atoms with Crippen LogP contribution < -0.4 is 0 Å². The Morgan fingerprint density at radius 3 is 2.04 bits per heavy atom. The number of unbranched alkanes of at least 4 members (excludes halogenated alkanes) is 7. The van der Waals surface area contributed by atoms with Crippen molar-refractivity contribution < 1.29 is 39.5 Å². The van der Waals surface area contributed by atoms with Crippen LogP contribution in [0.25, 0.3) is 0 Å². The molecular weight excluding hydrogens is 344 g/mol. The molecule has 0 aromatic heterocycles. The topological polar surface area (TPSA) is 134 Å². The molecule has 1 saturated heterocycles. The molecule has 0 radical (unpaired) electrons. The summed E-state index contributed by atoms with van der Waals surface area (Å²) < 4.78 is 9.92. The first-order chi connectivity index (χ1) is 12.4. The van der Waals surface area contributed by atoms with E-state index in [0.29, 0.717) is 6.42 Å². The van der Waals surface area contributed by atoms with E-state index in [-0.39, 0.29) is 0 Å².